The third-order valence-corrected chi connectivity index (χ3v) is 4.71. The number of hydrogen-bond donors (Lipinski definition) is 1. The molecule has 1 saturated heterocycles. The number of nitrogens with zero attached hydrogens (tertiary/aromatic N) is 2. The molecule has 1 aromatic rings. The number of rotatable bonds is 2. The molecule has 0 aromatic heterocycles. The maximum Gasteiger partial charge on any atom is 0.193 e. The van der Waals surface area contributed by atoms with Crippen molar-refractivity contribution in [2.24, 2.45) is 16.8 Å². The van der Waals surface area contributed by atoms with E-state index in [0.717, 1.165) is 30.9 Å². The van der Waals surface area contributed by atoms with Gasteiger partial charge >= 0.3 is 0 Å². The van der Waals surface area contributed by atoms with Crippen LogP contribution in [-0.2, 0) is 0 Å². The highest BCUT2D eigenvalue weighted by Crippen LogP contribution is 2.40. The third-order valence-electron chi connectivity index (χ3n) is 4.71. The number of guanidine groups is 1. The van der Waals surface area contributed by atoms with Crippen LogP contribution in [0.25, 0.3) is 0 Å². The molecule has 1 aromatic carbocycles. The minimum atomic E-state index is 0. The number of halogens is 1. The van der Waals surface area contributed by atoms with Gasteiger partial charge in [0.25, 0.3) is 0 Å². The van der Waals surface area contributed by atoms with Crippen LogP contribution in [0.5, 0.6) is 0 Å². The topological polar surface area (TPSA) is 27.6 Å². The summed E-state index contributed by atoms with van der Waals surface area (Å²) in [5.41, 5.74) is 1.45. The molecule has 2 aliphatic rings. The van der Waals surface area contributed by atoms with Gasteiger partial charge in [-0.3, -0.25) is 4.99 Å². The zero-order valence-corrected chi connectivity index (χ0v) is 16.2. The van der Waals surface area contributed by atoms with E-state index in [1.165, 1.54) is 18.4 Å². The Hall–Kier alpha value is -0.780. The van der Waals surface area contributed by atoms with Gasteiger partial charge < -0.3 is 10.2 Å². The van der Waals surface area contributed by atoms with Crippen LogP contribution in [0.2, 0.25) is 0 Å². The van der Waals surface area contributed by atoms with Crippen molar-refractivity contribution in [1.82, 2.24) is 10.2 Å². The van der Waals surface area contributed by atoms with E-state index >= 15 is 0 Å². The van der Waals surface area contributed by atoms with Gasteiger partial charge in [0.15, 0.2) is 5.96 Å². The Kier molecular flexibility index (Phi) is 6.12. The van der Waals surface area contributed by atoms with Crippen LogP contribution in [0.15, 0.2) is 35.3 Å². The molecule has 0 amide bonds. The summed E-state index contributed by atoms with van der Waals surface area (Å²) in [7, 11) is 1.91. The van der Waals surface area contributed by atoms with Crippen molar-refractivity contribution in [3.63, 3.8) is 0 Å². The van der Waals surface area contributed by atoms with Gasteiger partial charge in [0, 0.05) is 32.1 Å². The summed E-state index contributed by atoms with van der Waals surface area (Å²) >= 11 is 0. The van der Waals surface area contributed by atoms with E-state index in [1.54, 1.807) is 0 Å². The molecule has 4 atom stereocenters. The molecule has 22 heavy (non-hydrogen) atoms. The second-order valence-electron chi connectivity index (χ2n) is 6.90. The average molecular weight is 413 g/mol. The summed E-state index contributed by atoms with van der Waals surface area (Å²) < 4.78 is 0. The molecule has 4 heteroatoms. The Morgan fingerprint density at radius 1 is 1.09 bits per heavy atom. The number of hydrogen-bond acceptors (Lipinski definition) is 1. The van der Waals surface area contributed by atoms with Crippen LogP contribution < -0.4 is 5.32 Å². The number of aliphatic imine (C=N–C) groups is 1. The molecule has 0 radical (unpaired) electrons. The molecular formula is C18H28IN3. The lowest BCUT2D eigenvalue weighted by Gasteiger charge is -2.37. The first-order chi connectivity index (χ1) is 10.2. The molecule has 1 saturated carbocycles. The average Bonchev–Trinajstić information content (AvgIpc) is 3.24. The van der Waals surface area contributed by atoms with Gasteiger partial charge in [0.1, 0.15) is 0 Å². The minimum Gasteiger partial charge on any atom is -0.353 e. The molecule has 1 aliphatic heterocycles. The van der Waals surface area contributed by atoms with E-state index in [-0.39, 0.29) is 24.0 Å². The minimum absolute atomic E-state index is 0. The molecule has 4 unspecified atom stereocenters. The largest absolute Gasteiger partial charge is 0.353 e. The number of likely N-dealkylation sites (tertiary alicyclic amines) is 1. The van der Waals surface area contributed by atoms with E-state index in [2.05, 4.69) is 59.4 Å². The molecule has 0 spiro atoms. The Balaban J connectivity index is 0.00000176. The second-order valence-corrected chi connectivity index (χ2v) is 6.90. The Bertz CT molecular complexity index is 492. The quantitative estimate of drug-likeness (QED) is 0.455. The van der Waals surface area contributed by atoms with Crippen LogP contribution >= 0.6 is 24.0 Å². The van der Waals surface area contributed by atoms with Crippen LogP contribution in [0, 0.1) is 11.8 Å². The maximum atomic E-state index is 4.52. The fourth-order valence-electron chi connectivity index (χ4n) is 3.72. The molecule has 2 fully saturated rings. The summed E-state index contributed by atoms with van der Waals surface area (Å²) in [5, 5.41) is 3.68. The predicted octanol–water partition coefficient (Wildman–Crippen LogP) is 3.71. The number of piperidine rings is 1. The van der Waals surface area contributed by atoms with Crippen LogP contribution in [-0.4, -0.2) is 37.0 Å². The van der Waals surface area contributed by atoms with E-state index in [0.29, 0.717) is 12.0 Å². The summed E-state index contributed by atoms with van der Waals surface area (Å²) in [6.07, 6.45) is 2.56. The molecule has 122 valence electrons. The van der Waals surface area contributed by atoms with Crippen LogP contribution in [0.4, 0.5) is 0 Å². The first-order valence-electron chi connectivity index (χ1n) is 8.20. The van der Waals surface area contributed by atoms with E-state index in [4.69, 9.17) is 0 Å². The summed E-state index contributed by atoms with van der Waals surface area (Å²) in [6, 6.07) is 11.4. The van der Waals surface area contributed by atoms with Gasteiger partial charge in [-0.05, 0) is 30.2 Å². The zero-order valence-electron chi connectivity index (χ0n) is 13.8. The van der Waals surface area contributed by atoms with Gasteiger partial charge in [0.05, 0.1) is 0 Å². The summed E-state index contributed by atoms with van der Waals surface area (Å²) in [5.74, 6) is 3.27. The SMILES string of the molecule is CN=C(NC1CC1c1ccccc1)N1CC(C)CC(C)C1.I. The summed E-state index contributed by atoms with van der Waals surface area (Å²) in [6.45, 7) is 6.96. The molecule has 1 N–H and O–H groups in total. The molecule has 0 bridgehead atoms. The monoisotopic (exact) mass is 413 g/mol. The number of benzene rings is 1. The maximum absolute atomic E-state index is 4.52. The Morgan fingerprint density at radius 2 is 1.73 bits per heavy atom. The van der Waals surface area contributed by atoms with Gasteiger partial charge in [-0.15, -0.1) is 24.0 Å². The van der Waals surface area contributed by atoms with Crippen molar-refractivity contribution in [3.8, 4) is 0 Å². The van der Waals surface area contributed by atoms with Crippen molar-refractivity contribution in [2.75, 3.05) is 20.1 Å². The normalized spacial score (nSPS) is 31.4. The lowest BCUT2D eigenvalue weighted by atomic mass is 9.92. The summed E-state index contributed by atoms with van der Waals surface area (Å²) in [4.78, 5) is 6.96. The van der Waals surface area contributed by atoms with E-state index in [9.17, 15) is 0 Å². The standard InChI is InChI=1S/C18H27N3.HI/c1-13-9-14(2)12-21(11-13)18(19-3)20-17-10-16(17)15-7-5-4-6-8-15;/h4-8,13-14,16-17H,9-12H2,1-3H3,(H,19,20);1H. The molecule has 1 aliphatic carbocycles. The molecule has 3 nitrogen and oxygen atoms in total. The first kappa shape index (κ1) is 17.6. The van der Waals surface area contributed by atoms with Gasteiger partial charge in [-0.2, -0.15) is 0 Å². The van der Waals surface area contributed by atoms with Crippen LogP contribution in [0.3, 0.4) is 0 Å². The molecule has 1 heterocycles. The lowest BCUT2D eigenvalue weighted by Crippen LogP contribution is -2.49. The molecule has 3 rings (SSSR count). The predicted molar refractivity (Wildman–Crippen MR) is 104 cm³/mol. The second kappa shape index (κ2) is 7.66. The van der Waals surface area contributed by atoms with Crippen molar-refractivity contribution in [1.29, 1.82) is 0 Å². The highest BCUT2D eigenvalue weighted by molar-refractivity contribution is 14.0. The number of nitrogens with one attached hydrogen (secondary N) is 1. The highest BCUT2D eigenvalue weighted by Gasteiger charge is 2.39. The van der Waals surface area contributed by atoms with Gasteiger partial charge in [-0.25, -0.2) is 0 Å². The fraction of sp³-hybridized carbons (Fsp3) is 0.611. The van der Waals surface area contributed by atoms with E-state index in [1.807, 2.05) is 7.05 Å². The van der Waals surface area contributed by atoms with Crippen molar-refractivity contribution in [2.45, 2.75) is 38.6 Å². The van der Waals surface area contributed by atoms with Crippen molar-refractivity contribution >= 4 is 29.9 Å². The van der Waals surface area contributed by atoms with Crippen molar-refractivity contribution < 1.29 is 0 Å². The van der Waals surface area contributed by atoms with Crippen LogP contribution in [0.1, 0.15) is 38.2 Å². The Labute approximate surface area is 151 Å². The third kappa shape index (κ3) is 4.15. The van der Waals surface area contributed by atoms with E-state index < -0.39 is 0 Å². The van der Waals surface area contributed by atoms with Crippen molar-refractivity contribution in [3.05, 3.63) is 35.9 Å². The van der Waals surface area contributed by atoms with Gasteiger partial charge in [0.2, 0.25) is 0 Å². The fourth-order valence-corrected chi connectivity index (χ4v) is 3.72. The zero-order chi connectivity index (χ0) is 14.8. The highest BCUT2D eigenvalue weighted by atomic mass is 127. The smallest absolute Gasteiger partial charge is 0.193 e. The Morgan fingerprint density at radius 3 is 2.32 bits per heavy atom. The van der Waals surface area contributed by atoms with Gasteiger partial charge in [-0.1, -0.05) is 44.2 Å². The molecular weight excluding hydrogens is 385 g/mol. The lowest BCUT2D eigenvalue weighted by molar-refractivity contribution is 0.208. The first-order valence-corrected chi connectivity index (χ1v) is 8.20.